The van der Waals surface area contributed by atoms with E-state index in [-0.39, 0.29) is 11.9 Å². The largest absolute Gasteiger partial charge is 0.332 e. The number of hydrogen-bond acceptors (Lipinski definition) is 3. The highest BCUT2D eigenvalue weighted by atomic mass is 32.1. The van der Waals surface area contributed by atoms with Gasteiger partial charge in [-0.1, -0.05) is 19.1 Å². The van der Waals surface area contributed by atoms with E-state index in [0.717, 1.165) is 29.5 Å². The first-order valence-corrected chi connectivity index (χ1v) is 9.31. The van der Waals surface area contributed by atoms with Crippen LogP contribution in [0.4, 0.5) is 0 Å². The highest BCUT2D eigenvalue weighted by molar-refractivity contribution is 7.18. The van der Waals surface area contributed by atoms with E-state index in [0.29, 0.717) is 6.54 Å². The number of amides is 1. The van der Waals surface area contributed by atoms with Crippen molar-refractivity contribution in [2.45, 2.75) is 32.7 Å². The predicted molar refractivity (Wildman–Crippen MR) is 94.8 cm³/mol. The summed E-state index contributed by atoms with van der Waals surface area (Å²) in [6.07, 6.45) is 2.47. The molecule has 1 aromatic heterocycles. The van der Waals surface area contributed by atoms with Crippen LogP contribution in [0.1, 0.15) is 37.7 Å². The standard InChI is InChI=1S/C18H25N3OS/c1-13-8-10-21(11-9-13)12-17(22)20(3)14(2)18-19-15-6-4-5-7-16(15)23-18/h4-7,13-14H,8-12H2,1-3H3/p+1/t14-/m1/s1. The van der Waals surface area contributed by atoms with Crippen molar-refractivity contribution in [2.75, 3.05) is 26.7 Å². The van der Waals surface area contributed by atoms with Gasteiger partial charge in [0, 0.05) is 7.05 Å². The van der Waals surface area contributed by atoms with E-state index in [4.69, 9.17) is 4.98 Å². The average Bonchev–Trinajstić information content (AvgIpc) is 2.99. The molecule has 5 heteroatoms. The van der Waals surface area contributed by atoms with Gasteiger partial charge in [-0.3, -0.25) is 4.79 Å². The molecule has 0 aliphatic carbocycles. The minimum atomic E-state index is 0.0306. The molecular formula is C18H26N3OS+. The molecule has 0 bridgehead atoms. The van der Waals surface area contributed by atoms with Crippen LogP contribution < -0.4 is 4.90 Å². The topological polar surface area (TPSA) is 37.6 Å². The van der Waals surface area contributed by atoms with Crippen molar-refractivity contribution >= 4 is 27.5 Å². The van der Waals surface area contributed by atoms with Crippen molar-refractivity contribution in [3.63, 3.8) is 0 Å². The van der Waals surface area contributed by atoms with Gasteiger partial charge in [-0.15, -0.1) is 11.3 Å². The van der Waals surface area contributed by atoms with Crippen LogP contribution in [0, 0.1) is 5.92 Å². The predicted octanol–water partition coefficient (Wildman–Crippen LogP) is 2.13. The lowest BCUT2D eigenvalue weighted by Crippen LogP contribution is -3.14. The fourth-order valence-corrected chi connectivity index (χ4v) is 4.20. The van der Waals surface area contributed by atoms with Gasteiger partial charge < -0.3 is 9.80 Å². The van der Waals surface area contributed by atoms with Crippen LogP contribution in [-0.4, -0.2) is 42.5 Å². The molecule has 0 spiro atoms. The zero-order valence-corrected chi connectivity index (χ0v) is 15.0. The molecule has 1 fully saturated rings. The zero-order valence-electron chi connectivity index (χ0n) is 14.2. The Morgan fingerprint density at radius 3 is 2.78 bits per heavy atom. The first-order chi connectivity index (χ1) is 11.0. The first kappa shape index (κ1) is 16.4. The molecule has 2 aromatic rings. The van der Waals surface area contributed by atoms with Crippen molar-refractivity contribution in [1.82, 2.24) is 9.88 Å². The monoisotopic (exact) mass is 332 g/mol. The number of nitrogens with zero attached hydrogens (tertiary/aromatic N) is 2. The summed E-state index contributed by atoms with van der Waals surface area (Å²) in [6, 6.07) is 8.19. The van der Waals surface area contributed by atoms with E-state index >= 15 is 0 Å². The highest BCUT2D eigenvalue weighted by Crippen LogP contribution is 2.28. The summed E-state index contributed by atoms with van der Waals surface area (Å²) in [5.74, 6) is 1.04. The molecule has 1 aliphatic rings. The lowest BCUT2D eigenvalue weighted by molar-refractivity contribution is -0.898. The lowest BCUT2D eigenvalue weighted by Gasteiger charge is -2.29. The number of piperidine rings is 1. The Balaban J connectivity index is 1.64. The van der Waals surface area contributed by atoms with Crippen molar-refractivity contribution in [3.8, 4) is 0 Å². The molecule has 124 valence electrons. The Morgan fingerprint density at radius 1 is 1.39 bits per heavy atom. The number of carbonyl (C=O) groups is 1. The second kappa shape index (κ2) is 6.97. The van der Waals surface area contributed by atoms with Crippen LogP contribution in [0.3, 0.4) is 0 Å². The number of aromatic nitrogens is 1. The number of nitrogens with one attached hydrogen (secondary N) is 1. The van der Waals surface area contributed by atoms with Gasteiger partial charge in [0.2, 0.25) is 0 Å². The van der Waals surface area contributed by atoms with Gasteiger partial charge in [0.25, 0.3) is 5.91 Å². The van der Waals surface area contributed by atoms with Gasteiger partial charge in [-0.05, 0) is 37.8 Å². The normalized spacial score (nSPS) is 22.9. The van der Waals surface area contributed by atoms with Crippen LogP contribution in [0.15, 0.2) is 24.3 Å². The molecule has 2 heterocycles. The van der Waals surface area contributed by atoms with E-state index in [1.807, 2.05) is 30.1 Å². The Bertz CT molecular complexity index is 643. The van der Waals surface area contributed by atoms with Crippen LogP contribution >= 0.6 is 11.3 Å². The number of carbonyl (C=O) groups excluding carboxylic acids is 1. The Kier molecular flexibility index (Phi) is 4.97. The summed E-state index contributed by atoms with van der Waals surface area (Å²) in [6.45, 7) is 7.23. The number of thiazole rings is 1. The third-order valence-electron chi connectivity index (χ3n) is 5.02. The Labute approximate surface area is 142 Å². The van der Waals surface area contributed by atoms with Crippen molar-refractivity contribution in [2.24, 2.45) is 5.92 Å². The van der Waals surface area contributed by atoms with Crippen LogP contribution in [0.25, 0.3) is 10.2 Å². The van der Waals surface area contributed by atoms with Gasteiger partial charge in [0.1, 0.15) is 5.01 Å². The molecule has 0 unspecified atom stereocenters. The van der Waals surface area contributed by atoms with Gasteiger partial charge in [-0.2, -0.15) is 0 Å². The summed E-state index contributed by atoms with van der Waals surface area (Å²) in [5, 5.41) is 1.02. The summed E-state index contributed by atoms with van der Waals surface area (Å²) >= 11 is 1.69. The van der Waals surface area contributed by atoms with Crippen LogP contribution in [0.5, 0.6) is 0 Å². The minimum Gasteiger partial charge on any atom is -0.332 e. The molecule has 1 aliphatic heterocycles. The number of quaternary nitrogens is 1. The molecule has 0 radical (unpaired) electrons. The second-order valence-corrected chi connectivity index (χ2v) is 7.87. The first-order valence-electron chi connectivity index (χ1n) is 8.49. The summed E-state index contributed by atoms with van der Waals surface area (Å²) in [4.78, 5) is 20.6. The SMILES string of the molecule is CC1CC[NH+](CC(=O)N(C)[C@H](C)c2nc3ccccc3s2)CC1. The number of rotatable bonds is 4. The summed E-state index contributed by atoms with van der Waals surface area (Å²) in [5.41, 5.74) is 1.02. The van der Waals surface area contributed by atoms with E-state index in [9.17, 15) is 4.79 Å². The average molecular weight is 332 g/mol. The molecule has 3 rings (SSSR count). The Hall–Kier alpha value is -1.46. The van der Waals surface area contributed by atoms with Crippen LogP contribution in [-0.2, 0) is 4.79 Å². The second-order valence-electron chi connectivity index (χ2n) is 6.81. The van der Waals surface area contributed by atoms with E-state index < -0.39 is 0 Å². The fourth-order valence-electron chi connectivity index (χ4n) is 3.14. The van der Waals surface area contributed by atoms with Crippen molar-refractivity contribution in [1.29, 1.82) is 0 Å². The lowest BCUT2D eigenvalue weighted by atomic mass is 9.99. The zero-order chi connectivity index (χ0) is 16.4. The van der Waals surface area contributed by atoms with Gasteiger partial charge >= 0.3 is 0 Å². The maximum atomic E-state index is 12.6. The number of likely N-dealkylation sites (N-methyl/N-ethyl adjacent to an activating group) is 1. The molecule has 4 nitrogen and oxygen atoms in total. The number of para-hydroxylation sites is 1. The number of likely N-dealkylation sites (tertiary alicyclic amines) is 1. The molecule has 1 N–H and O–H groups in total. The molecule has 1 atom stereocenters. The summed E-state index contributed by atoms with van der Waals surface area (Å²) in [7, 11) is 1.91. The van der Waals surface area contributed by atoms with E-state index in [2.05, 4.69) is 19.9 Å². The van der Waals surface area contributed by atoms with Crippen molar-refractivity contribution in [3.05, 3.63) is 29.3 Å². The molecule has 1 amide bonds. The fraction of sp³-hybridized carbons (Fsp3) is 0.556. The number of hydrogen-bond donors (Lipinski definition) is 1. The smallest absolute Gasteiger partial charge is 0.278 e. The summed E-state index contributed by atoms with van der Waals surface area (Å²) < 4.78 is 1.19. The molecular weight excluding hydrogens is 306 g/mol. The maximum absolute atomic E-state index is 12.6. The van der Waals surface area contributed by atoms with E-state index in [1.54, 1.807) is 11.3 Å². The number of fused-ring (bicyclic) bond motifs is 1. The quantitative estimate of drug-likeness (QED) is 0.931. The number of benzene rings is 1. The van der Waals surface area contributed by atoms with Crippen LogP contribution in [0.2, 0.25) is 0 Å². The third kappa shape index (κ3) is 3.72. The van der Waals surface area contributed by atoms with Gasteiger partial charge in [0.05, 0.1) is 29.3 Å². The molecule has 23 heavy (non-hydrogen) atoms. The third-order valence-corrected chi connectivity index (χ3v) is 6.23. The minimum absolute atomic E-state index is 0.0306. The van der Waals surface area contributed by atoms with Crippen molar-refractivity contribution < 1.29 is 9.69 Å². The highest BCUT2D eigenvalue weighted by Gasteiger charge is 2.26. The Morgan fingerprint density at radius 2 is 2.09 bits per heavy atom. The molecule has 1 saturated heterocycles. The molecule has 0 saturated carbocycles. The van der Waals surface area contributed by atoms with E-state index in [1.165, 1.54) is 22.4 Å². The van der Waals surface area contributed by atoms with Gasteiger partial charge in [-0.25, -0.2) is 4.98 Å². The maximum Gasteiger partial charge on any atom is 0.278 e. The molecule has 1 aromatic carbocycles. The van der Waals surface area contributed by atoms with Gasteiger partial charge in [0.15, 0.2) is 6.54 Å².